The molecule has 0 radical (unpaired) electrons. The average Bonchev–Trinajstić information content (AvgIpc) is 3.45. The fraction of sp³-hybridized carbons (Fsp3) is 0.609. The zero-order valence-electron chi connectivity index (χ0n) is 18.1. The van der Waals surface area contributed by atoms with Crippen LogP contribution < -0.4 is 4.74 Å². The molecule has 1 aromatic carbocycles. The van der Waals surface area contributed by atoms with E-state index in [1.165, 1.54) is 0 Å². The van der Waals surface area contributed by atoms with Crippen LogP contribution in [0.25, 0.3) is 0 Å². The summed E-state index contributed by atoms with van der Waals surface area (Å²) in [5.41, 5.74) is 0.373. The third-order valence-electron chi connectivity index (χ3n) is 5.78. The van der Waals surface area contributed by atoms with Gasteiger partial charge in [0.1, 0.15) is 17.4 Å². The molecule has 0 N–H and O–H groups in total. The average molecular weight is 387 g/mol. The van der Waals surface area contributed by atoms with Gasteiger partial charge in [-0.05, 0) is 63.9 Å². The smallest absolute Gasteiger partial charge is 0.268 e. The quantitative estimate of drug-likeness (QED) is 0.626. The molecule has 2 rings (SSSR count). The van der Waals surface area contributed by atoms with Crippen LogP contribution in [0.1, 0.15) is 59.4 Å². The van der Waals surface area contributed by atoms with Gasteiger partial charge in [0, 0.05) is 13.5 Å². The highest BCUT2D eigenvalue weighted by molar-refractivity contribution is 5.93. The first-order valence-electron chi connectivity index (χ1n) is 10.1. The van der Waals surface area contributed by atoms with Crippen LogP contribution in [0.4, 0.5) is 0 Å². The molecule has 0 spiro atoms. The lowest BCUT2D eigenvalue weighted by Gasteiger charge is -2.32. The van der Waals surface area contributed by atoms with Crippen LogP contribution >= 0.6 is 0 Å². The maximum Gasteiger partial charge on any atom is 0.268 e. The van der Waals surface area contributed by atoms with E-state index in [4.69, 9.17) is 4.74 Å². The fourth-order valence-corrected chi connectivity index (χ4v) is 3.70. The van der Waals surface area contributed by atoms with Crippen molar-refractivity contribution in [2.24, 2.45) is 16.3 Å². The van der Waals surface area contributed by atoms with Gasteiger partial charge in [0.2, 0.25) is 5.91 Å². The molecular formula is C23H34N2O3. The zero-order chi connectivity index (χ0) is 21.1. The Balaban J connectivity index is 2.17. The van der Waals surface area contributed by atoms with Gasteiger partial charge in [-0.15, -0.1) is 0 Å². The minimum absolute atomic E-state index is 0.0523. The first-order chi connectivity index (χ1) is 13.0. The molecule has 5 nitrogen and oxygen atoms in total. The fourth-order valence-electron chi connectivity index (χ4n) is 3.70. The molecule has 0 aromatic heterocycles. The number of aliphatic imine (C=N–C) groups is 1. The molecule has 28 heavy (non-hydrogen) atoms. The van der Waals surface area contributed by atoms with E-state index >= 15 is 0 Å². The molecule has 0 saturated heterocycles. The summed E-state index contributed by atoms with van der Waals surface area (Å²) in [5.74, 6) is 0.769. The summed E-state index contributed by atoms with van der Waals surface area (Å²) < 4.78 is 5.85. The van der Waals surface area contributed by atoms with Crippen LogP contribution in [0, 0.1) is 11.3 Å². The Morgan fingerprint density at radius 3 is 2.25 bits per heavy atom. The molecule has 1 fully saturated rings. The highest BCUT2D eigenvalue weighted by atomic mass is 16.5. The number of ether oxygens (including phenoxy) is 1. The summed E-state index contributed by atoms with van der Waals surface area (Å²) in [7, 11) is 1.72. The maximum atomic E-state index is 13.2. The minimum atomic E-state index is -0.638. The predicted molar refractivity (Wildman–Crippen MR) is 113 cm³/mol. The number of carbonyl (C=O) groups excluding carboxylic acids is 2. The van der Waals surface area contributed by atoms with E-state index in [1.54, 1.807) is 11.9 Å². The van der Waals surface area contributed by atoms with Crippen molar-refractivity contribution in [3.05, 3.63) is 29.8 Å². The minimum Gasteiger partial charge on any atom is -0.488 e. The van der Waals surface area contributed by atoms with Crippen molar-refractivity contribution in [1.82, 2.24) is 4.90 Å². The Bertz CT molecular complexity index is 714. The van der Waals surface area contributed by atoms with Crippen LogP contribution in [-0.2, 0) is 16.0 Å². The molecule has 1 aliphatic carbocycles. The summed E-state index contributed by atoms with van der Waals surface area (Å²) >= 11 is 0. The maximum absolute atomic E-state index is 13.2. The van der Waals surface area contributed by atoms with Crippen molar-refractivity contribution in [3.63, 3.8) is 0 Å². The Labute approximate surface area is 169 Å². The number of hydrogen-bond acceptors (Lipinski definition) is 3. The van der Waals surface area contributed by atoms with E-state index in [1.807, 2.05) is 45.0 Å². The normalized spacial score (nSPS) is 17.4. The van der Waals surface area contributed by atoms with E-state index < -0.39 is 6.04 Å². The van der Waals surface area contributed by atoms with Crippen molar-refractivity contribution < 1.29 is 14.3 Å². The van der Waals surface area contributed by atoms with E-state index in [-0.39, 0.29) is 22.8 Å². The molecule has 5 heteroatoms. The van der Waals surface area contributed by atoms with Gasteiger partial charge in [0.25, 0.3) is 5.91 Å². The molecule has 1 unspecified atom stereocenters. The van der Waals surface area contributed by atoms with Crippen LogP contribution in [-0.4, -0.2) is 42.1 Å². The number of hydrogen-bond donors (Lipinski definition) is 0. The molecule has 1 aliphatic rings. The Morgan fingerprint density at radius 1 is 1.25 bits per heavy atom. The van der Waals surface area contributed by atoms with Gasteiger partial charge in [-0.1, -0.05) is 32.4 Å². The summed E-state index contributed by atoms with van der Waals surface area (Å²) in [5, 5.41) is 0. The lowest BCUT2D eigenvalue weighted by Crippen LogP contribution is -2.47. The molecule has 1 saturated carbocycles. The largest absolute Gasteiger partial charge is 0.488 e. The summed E-state index contributed by atoms with van der Waals surface area (Å²) in [6.45, 7) is 13.6. The molecular weight excluding hydrogens is 352 g/mol. The number of amides is 2. The molecule has 1 aromatic rings. The lowest BCUT2D eigenvalue weighted by atomic mass is 9.86. The summed E-state index contributed by atoms with van der Waals surface area (Å²) in [6.07, 6.45) is 3.15. The first kappa shape index (κ1) is 22.1. The van der Waals surface area contributed by atoms with Gasteiger partial charge in [-0.25, -0.2) is 4.99 Å². The number of likely N-dealkylation sites (N-methyl/N-ethyl adjacent to an activating group) is 1. The first-order valence-corrected chi connectivity index (χ1v) is 10.1. The SMILES string of the molecule is C=NC(=O)C(Cc1ccc(OC(C)(C)C)cc1)N(C)C(=O)C1([C@@H](C)CC)CC1. The molecule has 154 valence electrons. The van der Waals surface area contributed by atoms with E-state index in [0.29, 0.717) is 12.3 Å². The van der Waals surface area contributed by atoms with E-state index in [9.17, 15) is 9.59 Å². The predicted octanol–water partition coefficient (Wildman–Crippen LogP) is 4.29. The zero-order valence-corrected chi connectivity index (χ0v) is 18.1. The van der Waals surface area contributed by atoms with Crippen molar-refractivity contribution in [2.45, 2.75) is 71.9 Å². The van der Waals surface area contributed by atoms with Crippen LogP contribution in [0.3, 0.4) is 0 Å². The molecule has 2 amide bonds. The number of benzene rings is 1. The Morgan fingerprint density at radius 2 is 1.82 bits per heavy atom. The number of carbonyl (C=O) groups is 2. The van der Waals surface area contributed by atoms with E-state index in [2.05, 4.69) is 25.6 Å². The van der Waals surface area contributed by atoms with Gasteiger partial charge in [-0.3, -0.25) is 9.59 Å². The number of rotatable bonds is 8. The standard InChI is InChI=1S/C23H34N2O3/c1-8-16(2)23(13-14-23)21(27)25(7)19(20(26)24-6)15-17-9-11-18(12-10-17)28-22(3,4)5/h9-12,16,19H,6,8,13-15H2,1-5,7H3/t16-,19?/m0/s1. The second kappa shape index (κ2) is 8.46. The van der Waals surface area contributed by atoms with Gasteiger partial charge in [-0.2, -0.15) is 0 Å². The van der Waals surface area contributed by atoms with Crippen molar-refractivity contribution in [1.29, 1.82) is 0 Å². The Hall–Kier alpha value is -2.17. The topological polar surface area (TPSA) is 59.0 Å². The van der Waals surface area contributed by atoms with Crippen LogP contribution in [0.5, 0.6) is 5.75 Å². The summed E-state index contributed by atoms with van der Waals surface area (Å²) in [6, 6.07) is 7.02. The lowest BCUT2D eigenvalue weighted by molar-refractivity contribution is -0.143. The molecule has 0 heterocycles. The van der Waals surface area contributed by atoms with Crippen LogP contribution in [0.2, 0.25) is 0 Å². The van der Waals surface area contributed by atoms with Gasteiger partial charge in [0.05, 0.1) is 5.41 Å². The van der Waals surface area contributed by atoms with Crippen molar-refractivity contribution in [3.8, 4) is 5.75 Å². The van der Waals surface area contributed by atoms with Crippen LogP contribution in [0.15, 0.2) is 29.3 Å². The van der Waals surface area contributed by atoms with Crippen molar-refractivity contribution >= 4 is 18.5 Å². The summed E-state index contributed by atoms with van der Waals surface area (Å²) in [4.78, 5) is 30.8. The van der Waals surface area contributed by atoms with Crippen molar-refractivity contribution in [2.75, 3.05) is 7.05 Å². The Kier molecular flexibility index (Phi) is 6.68. The molecule has 2 atom stereocenters. The van der Waals surface area contributed by atoms with Gasteiger partial charge >= 0.3 is 0 Å². The number of nitrogens with zero attached hydrogens (tertiary/aromatic N) is 2. The highest BCUT2D eigenvalue weighted by Crippen LogP contribution is 2.54. The molecule has 0 bridgehead atoms. The third-order valence-corrected chi connectivity index (χ3v) is 5.78. The molecule has 0 aliphatic heterocycles. The van der Waals surface area contributed by atoms with Gasteiger partial charge < -0.3 is 9.64 Å². The third kappa shape index (κ3) is 5.00. The second-order valence-electron chi connectivity index (χ2n) is 8.96. The highest BCUT2D eigenvalue weighted by Gasteiger charge is 2.55. The monoisotopic (exact) mass is 386 g/mol. The second-order valence-corrected chi connectivity index (χ2v) is 8.96. The van der Waals surface area contributed by atoms with E-state index in [0.717, 1.165) is 30.6 Å². The van der Waals surface area contributed by atoms with Gasteiger partial charge in [0.15, 0.2) is 0 Å².